The molecule has 9 heavy (non-hydrogen) atoms. The summed E-state index contributed by atoms with van der Waals surface area (Å²) in [7, 11) is 2.98. The first-order valence-electron chi connectivity index (χ1n) is 2.46. The standard InChI is InChI=1S/C5H8O4/c1-6-4-5(7-2)9-3-8-4/h3H2,1-2H3. The van der Waals surface area contributed by atoms with Crippen LogP contribution in [0.25, 0.3) is 0 Å². The van der Waals surface area contributed by atoms with E-state index in [1.807, 2.05) is 0 Å². The summed E-state index contributed by atoms with van der Waals surface area (Å²) < 4.78 is 19.1. The molecule has 0 aromatic carbocycles. The Kier molecular flexibility index (Phi) is 1.67. The van der Waals surface area contributed by atoms with Gasteiger partial charge in [-0.2, -0.15) is 0 Å². The van der Waals surface area contributed by atoms with Crippen molar-refractivity contribution in [1.82, 2.24) is 0 Å². The zero-order valence-corrected chi connectivity index (χ0v) is 5.34. The zero-order valence-electron chi connectivity index (χ0n) is 5.34. The first kappa shape index (κ1) is 6.07. The molecule has 4 heteroatoms. The molecule has 52 valence electrons. The van der Waals surface area contributed by atoms with Gasteiger partial charge in [0, 0.05) is 0 Å². The van der Waals surface area contributed by atoms with E-state index < -0.39 is 0 Å². The van der Waals surface area contributed by atoms with E-state index in [2.05, 4.69) is 0 Å². The van der Waals surface area contributed by atoms with Crippen LogP contribution in [0.1, 0.15) is 0 Å². The van der Waals surface area contributed by atoms with E-state index in [0.717, 1.165) is 0 Å². The molecule has 1 heterocycles. The molecular weight excluding hydrogens is 124 g/mol. The second-order valence-electron chi connectivity index (χ2n) is 1.39. The SMILES string of the molecule is COC1=C(OC)OCO1. The van der Waals surface area contributed by atoms with Crippen LogP contribution in [0.3, 0.4) is 0 Å². The van der Waals surface area contributed by atoms with Gasteiger partial charge < -0.3 is 18.9 Å². The third-order valence-corrected chi connectivity index (χ3v) is 0.917. The first-order chi connectivity index (χ1) is 4.38. The highest BCUT2D eigenvalue weighted by Crippen LogP contribution is 2.15. The van der Waals surface area contributed by atoms with Gasteiger partial charge in [-0.15, -0.1) is 0 Å². The Morgan fingerprint density at radius 2 is 1.56 bits per heavy atom. The highest BCUT2D eigenvalue weighted by Gasteiger charge is 2.18. The molecule has 0 aliphatic carbocycles. The van der Waals surface area contributed by atoms with Gasteiger partial charge in [-0.3, -0.25) is 0 Å². The van der Waals surface area contributed by atoms with Crippen molar-refractivity contribution >= 4 is 0 Å². The molecule has 0 amide bonds. The minimum absolute atomic E-state index is 0.173. The summed E-state index contributed by atoms with van der Waals surface area (Å²) in [5.41, 5.74) is 0. The van der Waals surface area contributed by atoms with E-state index in [1.165, 1.54) is 14.2 Å². The van der Waals surface area contributed by atoms with E-state index in [1.54, 1.807) is 0 Å². The molecule has 0 bridgehead atoms. The van der Waals surface area contributed by atoms with E-state index in [4.69, 9.17) is 18.9 Å². The van der Waals surface area contributed by atoms with Crippen molar-refractivity contribution in [3.05, 3.63) is 11.9 Å². The van der Waals surface area contributed by atoms with Crippen LogP contribution in [0, 0.1) is 0 Å². The van der Waals surface area contributed by atoms with Gasteiger partial charge >= 0.3 is 11.9 Å². The molecule has 0 unspecified atom stereocenters. The third kappa shape index (κ3) is 1.01. The van der Waals surface area contributed by atoms with Gasteiger partial charge in [0.05, 0.1) is 14.2 Å². The van der Waals surface area contributed by atoms with E-state index in [0.29, 0.717) is 11.9 Å². The summed E-state index contributed by atoms with van der Waals surface area (Å²) in [6.07, 6.45) is 0. The lowest BCUT2D eigenvalue weighted by Gasteiger charge is -1.97. The van der Waals surface area contributed by atoms with Gasteiger partial charge in [-0.05, 0) is 0 Å². The Hall–Kier alpha value is -1.06. The molecule has 0 spiro atoms. The highest BCUT2D eigenvalue weighted by molar-refractivity contribution is 4.88. The lowest BCUT2D eigenvalue weighted by Crippen LogP contribution is -1.90. The highest BCUT2D eigenvalue weighted by atomic mass is 16.8. The average molecular weight is 132 g/mol. The fourth-order valence-electron chi connectivity index (χ4n) is 0.539. The fraction of sp³-hybridized carbons (Fsp3) is 0.600. The summed E-state index contributed by atoms with van der Waals surface area (Å²) >= 11 is 0. The number of hydrogen-bond donors (Lipinski definition) is 0. The van der Waals surface area contributed by atoms with Crippen LogP contribution in [-0.4, -0.2) is 21.0 Å². The molecule has 0 atom stereocenters. The molecule has 1 aliphatic rings. The summed E-state index contributed by atoms with van der Waals surface area (Å²) in [5.74, 6) is 0.606. The van der Waals surface area contributed by atoms with E-state index in [-0.39, 0.29) is 6.79 Å². The van der Waals surface area contributed by atoms with Crippen molar-refractivity contribution in [2.24, 2.45) is 0 Å². The lowest BCUT2D eigenvalue weighted by molar-refractivity contribution is 0.00442. The summed E-state index contributed by atoms with van der Waals surface area (Å²) in [6.45, 7) is 0.173. The summed E-state index contributed by atoms with van der Waals surface area (Å²) in [5, 5.41) is 0. The Morgan fingerprint density at radius 1 is 1.11 bits per heavy atom. The fourth-order valence-corrected chi connectivity index (χ4v) is 0.539. The van der Waals surface area contributed by atoms with Crippen LogP contribution in [-0.2, 0) is 18.9 Å². The van der Waals surface area contributed by atoms with Crippen molar-refractivity contribution < 1.29 is 18.9 Å². The Morgan fingerprint density at radius 3 is 1.89 bits per heavy atom. The summed E-state index contributed by atoms with van der Waals surface area (Å²) in [4.78, 5) is 0. The maximum absolute atomic E-state index is 4.82. The number of methoxy groups -OCH3 is 2. The average Bonchev–Trinajstić information content (AvgIpc) is 2.33. The Labute approximate surface area is 53.0 Å². The van der Waals surface area contributed by atoms with Crippen LogP contribution in [0.5, 0.6) is 0 Å². The number of hydrogen-bond acceptors (Lipinski definition) is 4. The summed E-state index contributed by atoms with van der Waals surface area (Å²) in [6, 6.07) is 0. The normalized spacial score (nSPS) is 16.7. The maximum atomic E-state index is 4.82. The topological polar surface area (TPSA) is 36.9 Å². The molecule has 1 aliphatic heterocycles. The maximum Gasteiger partial charge on any atom is 0.366 e. The van der Waals surface area contributed by atoms with Gasteiger partial charge in [-0.1, -0.05) is 0 Å². The number of rotatable bonds is 2. The molecule has 0 saturated carbocycles. The third-order valence-electron chi connectivity index (χ3n) is 0.917. The van der Waals surface area contributed by atoms with Crippen molar-refractivity contribution in [3.63, 3.8) is 0 Å². The van der Waals surface area contributed by atoms with Crippen molar-refractivity contribution in [3.8, 4) is 0 Å². The lowest BCUT2D eigenvalue weighted by atomic mass is 10.9. The largest absolute Gasteiger partial charge is 0.464 e. The predicted molar refractivity (Wildman–Crippen MR) is 28.1 cm³/mol. The van der Waals surface area contributed by atoms with Crippen LogP contribution in [0.4, 0.5) is 0 Å². The molecule has 0 N–H and O–H groups in total. The minimum atomic E-state index is 0.173. The Balaban J connectivity index is 2.59. The van der Waals surface area contributed by atoms with Crippen LogP contribution in [0.15, 0.2) is 11.9 Å². The molecule has 0 radical (unpaired) electrons. The van der Waals surface area contributed by atoms with Crippen molar-refractivity contribution in [2.45, 2.75) is 0 Å². The van der Waals surface area contributed by atoms with Gasteiger partial charge in [0.2, 0.25) is 6.79 Å². The van der Waals surface area contributed by atoms with Crippen LogP contribution >= 0.6 is 0 Å². The van der Waals surface area contributed by atoms with E-state index >= 15 is 0 Å². The Bertz CT molecular complexity index is 115. The molecule has 4 nitrogen and oxygen atoms in total. The van der Waals surface area contributed by atoms with Crippen LogP contribution < -0.4 is 0 Å². The predicted octanol–water partition coefficient (Wildman–Crippen LogP) is 0.410. The van der Waals surface area contributed by atoms with Gasteiger partial charge in [0.1, 0.15) is 0 Å². The van der Waals surface area contributed by atoms with Crippen LogP contribution in [0.2, 0.25) is 0 Å². The minimum Gasteiger partial charge on any atom is -0.464 e. The zero-order chi connectivity index (χ0) is 6.69. The quantitative estimate of drug-likeness (QED) is 0.545. The van der Waals surface area contributed by atoms with Gasteiger partial charge in [0.15, 0.2) is 0 Å². The number of ether oxygens (including phenoxy) is 4. The van der Waals surface area contributed by atoms with Gasteiger partial charge in [-0.25, -0.2) is 0 Å². The second kappa shape index (κ2) is 2.48. The molecule has 1 rings (SSSR count). The van der Waals surface area contributed by atoms with E-state index in [9.17, 15) is 0 Å². The first-order valence-corrected chi connectivity index (χ1v) is 2.46. The molecule has 0 aromatic rings. The smallest absolute Gasteiger partial charge is 0.366 e. The van der Waals surface area contributed by atoms with Gasteiger partial charge in [0.25, 0.3) is 0 Å². The molecule has 0 aromatic heterocycles. The monoisotopic (exact) mass is 132 g/mol. The molecule has 0 saturated heterocycles. The van der Waals surface area contributed by atoms with Crippen molar-refractivity contribution in [2.75, 3.05) is 21.0 Å². The second-order valence-corrected chi connectivity index (χ2v) is 1.39. The molecular formula is C5H8O4. The molecule has 0 fully saturated rings. The van der Waals surface area contributed by atoms with Crippen molar-refractivity contribution in [1.29, 1.82) is 0 Å².